The Morgan fingerprint density at radius 1 is 0.773 bits per heavy atom. The molecule has 0 bridgehead atoms. The van der Waals surface area contributed by atoms with Gasteiger partial charge >= 0.3 is 5.96 Å². The van der Waals surface area contributed by atoms with Crippen molar-refractivity contribution in [2.24, 2.45) is 4.99 Å². The molecule has 0 unspecified atom stereocenters. The summed E-state index contributed by atoms with van der Waals surface area (Å²) in [5.41, 5.74) is 0. The number of hydrogen-bond donors (Lipinski definition) is 0. The maximum atomic E-state index is 4.29. The second kappa shape index (κ2) is 12.1. The third-order valence-electron chi connectivity index (χ3n) is 2.80. The molecule has 132 valence electrons. The summed E-state index contributed by atoms with van der Waals surface area (Å²) in [6.45, 7) is 6.17. The molecule has 0 N–H and O–H groups in total. The van der Waals surface area contributed by atoms with Crippen LogP contribution in [0.1, 0.15) is 20.3 Å². The van der Waals surface area contributed by atoms with Crippen LogP contribution in [0.4, 0.5) is 0 Å². The monoisotopic (exact) mass is 315 g/mol. The second-order valence-electron chi connectivity index (χ2n) is 6.07. The van der Waals surface area contributed by atoms with E-state index >= 15 is 0 Å². The summed E-state index contributed by atoms with van der Waals surface area (Å²) in [5.74, 6) is 2.26. The van der Waals surface area contributed by atoms with Crippen molar-refractivity contribution >= 4 is 11.9 Å². The normalized spacial score (nSPS) is 9.23. The molecule has 22 heavy (non-hydrogen) atoms. The molecule has 0 atom stereocenters. The van der Waals surface area contributed by atoms with Crippen molar-refractivity contribution < 1.29 is 4.58 Å². The van der Waals surface area contributed by atoms with Crippen LogP contribution in [-0.4, -0.2) is 113 Å². The number of rotatable bonds is 3. The molecule has 0 fully saturated rings. The van der Waals surface area contributed by atoms with E-state index in [9.17, 15) is 0 Å². The highest BCUT2D eigenvalue weighted by Gasteiger charge is 2.14. The number of hydrogen-bond acceptors (Lipinski definition) is 1. The Morgan fingerprint density at radius 2 is 1.18 bits per heavy atom. The third kappa shape index (κ3) is 9.47. The molecule has 0 spiro atoms. The highest BCUT2D eigenvalue weighted by molar-refractivity contribution is 5.79. The summed E-state index contributed by atoms with van der Waals surface area (Å²) in [6.07, 6.45) is 1.18. The first kappa shape index (κ1) is 22.8. The van der Waals surface area contributed by atoms with E-state index in [2.05, 4.69) is 61.5 Å². The Bertz CT molecular complexity index is 323. The van der Waals surface area contributed by atoms with Crippen LogP contribution in [-0.2, 0) is 0 Å². The molecule has 0 radical (unpaired) electrons. The largest absolute Gasteiger partial charge is 0.349 e. The minimum Gasteiger partial charge on any atom is -0.349 e. The number of nitrogens with zero attached hydrogens (tertiary/aromatic N) is 6. The second-order valence-corrected chi connectivity index (χ2v) is 6.07. The van der Waals surface area contributed by atoms with Gasteiger partial charge in [-0.25, -0.2) is 0 Å². The molecule has 0 aromatic carbocycles. The van der Waals surface area contributed by atoms with Gasteiger partial charge in [-0.1, -0.05) is 6.92 Å². The fourth-order valence-electron chi connectivity index (χ4n) is 2.34. The molecular formula is C16H39N6+. The summed E-state index contributed by atoms with van der Waals surface area (Å²) >= 11 is 0. The van der Waals surface area contributed by atoms with E-state index in [0.29, 0.717) is 0 Å². The highest BCUT2D eigenvalue weighted by Crippen LogP contribution is 1.89. The quantitative estimate of drug-likeness (QED) is 0.441. The molecule has 0 aliphatic heterocycles. The average molecular weight is 316 g/mol. The van der Waals surface area contributed by atoms with Gasteiger partial charge in [0, 0.05) is 34.7 Å². The maximum Gasteiger partial charge on any atom is 0.349 e. The van der Waals surface area contributed by atoms with Crippen LogP contribution in [0.15, 0.2) is 4.99 Å². The first-order valence-electron chi connectivity index (χ1n) is 7.91. The summed E-state index contributed by atoms with van der Waals surface area (Å²) < 4.78 is 2.26. The zero-order chi connectivity index (χ0) is 17.9. The Hall–Kier alpha value is -1.46. The Labute approximate surface area is 138 Å². The summed E-state index contributed by atoms with van der Waals surface area (Å²) in [6, 6.07) is 0. The number of guanidine groups is 2. The molecule has 0 aliphatic rings. The van der Waals surface area contributed by atoms with Gasteiger partial charge < -0.3 is 9.80 Å². The van der Waals surface area contributed by atoms with Crippen LogP contribution in [0, 0.1) is 0 Å². The topological polar surface area (TPSA) is 28.3 Å². The minimum atomic E-state index is 0.839. The fourth-order valence-corrected chi connectivity index (χ4v) is 2.34. The Kier molecular flexibility index (Phi) is 12.6. The van der Waals surface area contributed by atoms with Crippen LogP contribution < -0.4 is 0 Å². The lowest BCUT2D eigenvalue weighted by Crippen LogP contribution is -2.42. The lowest BCUT2D eigenvalue weighted by Gasteiger charge is -2.22. The van der Waals surface area contributed by atoms with E-state index in [1.54, 1.807) is 0 Å². The van der Waals surface area contributed by atoms with Crippen molar-refractivity contribution in [1.82, 2.24) is 19.6 Å². The number of aliphatic imine (C=N–C) groups is 1. The zero-order valence-electron chi connectivity index (χ0n) is 16.8. The van der Waals surface area contributed by atoms with Gasteiger partial charge in [0.05, 0.1) is 41.8 Å². The van der Waals surface area contributed by atoms with Crippen LogP contribution in [0.25, 0.3) is 0 Å². The van der Waals surface area contributed by atoms with E-state index in [-0.39, 0.29) is 0 Å². The first-order chi connectivity index (χ1) is 10.1. The van der Waals surface area contributed by atoms with E-state index in [1.807, 2.05) is 44.9 Å². The molecule has 0 aromatic heterocycles. The standard InChI is InChI=1S/C9H22N3.C7H17N3/c1-7-8-12(6)9(10(2)3)11(4)5;1-6-8-7(9(2)3)10(4)5/h7-8H2,1-6H3;6H2,1-5H3/q+1;. The van der Waals surface area contributed by atoms with E-state index in [0.717, 1.165) is 19.0 Å². The van der Waals surface area contributed by atoms with Gasteiger partial charge in [0.15, 0.2) is 5.96 Å². The predicted molar refractivity (Wildman–Crippen MR) is 99.1 cm³/mol. The van der Waals surface area contributed by atoms with Crippen molar-refractivity contribution in [1.29, 1.82) is 0 Å². The van der Waals surface area contributed by atoms with Crippen molar-refractivity contribution in [2.75, 3.05) is 76.5 Å². The molecule has 6 nitrogen and oxygen atoms in total. The van der Waals surface area contributed by atoms with Crippen LogP contribution >= 0.6 is 0 Å². The SMILES string of the molecule is CCC[N+](C)=C(N(C)C)N(C)C.CCN=C(N(C)C)N(C)C. The lowest BCUT2D eigenvalue weighted by atomic mass is 10.5. The molecule has 0 aromatic rings. The van der Waals surface area contributed by atoms with E-state index in [4.69, 9.17) is 0 Å². The van der Waals surface area contributed by atoms with Crippen LogP contribution in [0.5, 0.6) is 0 Å². The third-order valence-corrected chi connectivity index (χ3v) is 2.80. The van der Waals surface area contributed by atoms with Gasteiger partial charge in [0.1, 0.15) is 0 Å². The van der Waals surface area contributed by atoms with Gasteiger partial charge in [-0.2, -0.15) is 0 Å². The van der Waals surface area contributed by atoms with E-state index in [1.165, 1.54) is 12.4 Å². The van der Waals surface area contributed by atoms with Gasteiger partial charge in [0.2, 0.25) is 0 Å². The van der Waals surface area contributed by atoms with Gasteiger partial charge in [-0.05, 0) is 13.3 Å². The Balaban J connectivity index is 0. The first-order valence-corrected chi connectivity index (χ1v) is 7.91. The fraction of sp³-hybridized carbons (Fsp3) is 0.875. The molecular weight excluding hydrogens is 276 g/mol. The van der Waals surface area contributed by atoms with Crippen molar-refractivity contribution in [3.05, 3.63) is 0 Å². The Morgan fingerprint density at radius 3 is 1.36 bits per heavy atom. The van der Waals surface area contributed by atoms with Gasteiger partial charge in [-0.3, -0.25) is 19.4 Å². The van der Waals surface area contributed by atoms with Gasteiger partial charge in [0.25, 0.3) is 0 Å². The minimum absolute atomic E-state index is 0.839. The van der Waals surface area contributed by atoms with Crippen molar-refractivity contribution in [3.8, 4) is 0 Å². The molecule has 0 saturated carbocycles. The maximum absolute atomic E-state index is 4.29. The average Bonchev–Trinajstić information content (AvgIpc) is 2.35. The highest BCUT2D eigenvalue weighted by atomic mass is 15.4. The van der Waals surface area contributed by atoms with E-state index < -0.39 is 0 Å². The summed E-state index contributed by atoms with van der Waals surface area (Å²) in [7, 11) is 18.4. The van der Waals surface area contributed by atoms with Crippen LogP contribution in [0.2, 0.25) is 0 Å². The van der Waals surface area contributed by atoms with Crippen molar-refractivity contribution in [2.45, 2.75) is 20.3 Å². The summed E-state index contributed by atoms with van der Waals surface area (Å²) in [4.78, 5) is 12.6. The van der Waals surface area contributed by atoms with Gasteiger partial charge in [-0.15, -0.1) is 0 Å². The lowest BCUT2D eigenvalue weighted by molar-refractivity contribution is -0.507. The predicted octanol–water partition coefficient (Wildman–Crippen LogP) is 1.00. The smallest absolute Gasteiger partial charge is 0.349 e. The summed E-state index contributed by atoms with van der Waals surface area (Å²) in [5, 5.41) is 0. The van der Waals surface area contributed by atoms with Crippen molar-refractivity contribution in [3.63, 3.8) is 0 Å². The molecule has 0 rings (SSSR count). The molecule has 0 heterocycles. The molecule has 0 amide bonds. The molecule has 0 saturated heterocycles. The molecule has 6 heteroatoms. The van der Waals surface area contributed by atoms with Crippen LogP contribution in [0.3, 0.4) is 0 Å². The molecule has 0 aliphatic carbocycles. The zero-order valence-corrected chi connectivity index (χ0v) is 16.8.